The van der Waals surface area contributed by atoms with Crippen LogP contribution in [0.5, 0.6) is 0 Å². The van der Waals surface area contributed by atoms with Crippen LogP contribution < -0.4 is 0 Å². The van der Waals surface area contributed by atoms with Crippen LogP contribution in [0.4, 0.5) is 0 Å². The van der Waals surface area contributed by atoms with Gasteiger partial charge in [0.15, 0.2) is 0 Å². The van der Waals surface area contributed by atoms with Gasteiger partial charge in [-0.2, -0.15) is 0 Å². The van der Waals surface area contributed by atoms with Gasteiger partial charge in [-0.1, -0.05) is 78.1 Å². The number of hydrogen-bond acceptors (Lipinski definition) is 0. The van der Waals surface area contributed by atoms with Gasteiger partial charge < -0.3 is 0 Å². The molecule has 0 saturated carbocycles. The van der Waals surface area contributed by atoms with Gasteiger partial charge in [0.25, 0.3) is 0 Å². The van der Waals surface area contributed by atoms with E-state index in [1.54, 1.807) is 0 Å². The quantitative estimate of drug-likeness (QED) is 0.0473. The molecule has 0 aromatic heterocycles. The Kier molecular flexibility index (Phi) is 29.5. The van der Waals surface area contributed by atoms with Crippen molar-refractivity contribution < 1.29 is 0 Å². The molecule has 0 fully saturated rings. The van der Waals surface area contributed by atoms with Crippen molar-refractivity contribution in [3.63, 3.8) is 0 Å². The van der Waals surface area contributed by atoms with E-state index in [4.69, 9.17) is 11.2 Å². The van der Waals surface area contributed by atoms with E-state index >= 15 is 0 Å². The Hall–Kier alpha value is -0.840. The molecule has 0 radical (unpaired) electrons. The summed E-state index contributed by atoms with van der Waals surface area (Å²) < 4.78 is 0. The Labute approximate surface area is 331 Å². The Morgan fingerprint density at radius 3 is 0.750 bits per heavy atom. The second kappa shape index (κ2) is 32.4. The van der Waals surface area contributed by atoms with Crippen molar-refractivity contribution in [2.45, 2.75) is 232 Å². The zero-order valence-electron chi connectivity index (χ0n) is 35.1. The second-order valence-electron chi connectivity index (χ2n) is 17.2. The van der Waals surface area contributed by atoms with Crippen LogP contribution >= 0.6 is 17.2 Å². The molecule has 2 rings (SSSR count). The van der Waals surface area contributed by atoms with Gasteiger partial charge in [0.2, 0.25) is 0 Å². The van der Waals surface area contributed by atoms with E-state index in [1.165, 1.54) is 229 Å². The molecule has 0 atom stereocenters. The molecule has 0 aliphatic carbocycles. The van der Waals surface area contributed by atoms with E-state index in [1.807, 2.05) is 0 Å². The molecule has 0 saturated heterocycles. The van der Waals surface area contributed by atoms with E-state index < -0.39 is 5.96 Å². The molecular weight excluding hydrogens is 667 g/mol. The van der Waals surface area contributed by atoms with Gasteiger partial charge in [-0.05, 0) is 0 Å². The monoisotopic (exact) mass is 755 g/mol. The van der Waals surface area contributed by atoms with E-state index in [0.717, 1.165) is 12.3 Å². The summed E-state index contributed by atoms with van der Waals surface area (Å²) in [5.74, 6) is -2.53. The van der Waals surface area contributed by atoms with Gasteiger partial charge in [0.1, 0.15) is 0 Å². The fourth-order valence-electron chi connectivity index (χ4n) is 8.67. The topological polar surface area (TPSA) is 0 Å². The molecular formula is C50H88ClP. The SMILES string of the molecule is CCCCCCCCCCCCCCCCCCP(Cl)(CCCCCCCCCCCCCCCCCC)(Cc1ccccc1)Cc1ccccc1. The third-order valence-corrected chi connectivity index (χ3v) is 18.9. The first-order chi connectivity index (χ1) is 25.6. The van der Waals surface area contributed by atoms with Gasteiger partial charge in [-0.25, -0.2) is 0 Å². The fourth-order valence-corrected chi connectivity index (χ4v) is 15.5. The Morgan fingerprint density at radius 1 is 0.308 bits per heavy atom. The van der Waals surface area contributed by atoms with Crippen molar-refractivity contribution in [1.82, 2.24) is 0 Å². The Morgan fingerprint density at radius 2 is 0.519 bits per heavy atom. The van der Waals surface area contributed by atoms with Crippen molar-refractivity contribution in [3.8, 4) is 0 Å². The molecule has 2 aromatic carbocycles. The predicted octanol–water partition coefficient (Wildman–Crippen LogP) is 18.6. The summed E-state index contributed by atoms with van der Waals surface area (Å²) in [6.45, 7) is 4.62. The number of unbranched alkanes of at least 4 members (excludes halogenated alkanes) is 30. The molecule has 0 unspecified atom stereocenters. The van der Waals surface area contributed by atoms with Crippen LogP contribution in [0.1, 0.15) is 230 Å². The summed E-state index contributed by atoms with van der Waals surface area (Å²) in [7, 11) is 0. The molecule has 0 aliphatic rings. The van der Waals surface area contributed by atoms with Crippen LogP contribution in [-0.2, 0) is 12.3 Å². The minimum atomic E-state index is -2.53. The first-order valence-corrected chi connectivity index (χ1v) is 27.3. The van der Waals surface area contributed by atoms with Crippen LogP contribution in [0, 0.1) is 0 Å². The first kappa shape index (κ1) is 47.3. The Balaban J connectivity index is 1.73. The summed E-state index contributed by atoms with van der Waals surface area (Å²) in [5.41, 5.74) is 2.91. The molecule has 2 heteroatoms. The molecule has 52 heavy (non-hydrogen) atoms. The maximum absolute atomic E-state index is 8.33. The van der Waals surface area contributed by atoms with E-state index in [9.17, 15) is 0 Å². The second-order valence-corrected chi connectivity index (χ2v) is 25.2. The molecule has 0 spiro atoms. The first-order valence-electron chi connectivity index (χ1n) is 23.4. The van der Waals surface area contributed by atoms with Gasteiger partial charge in [0, 0.05) is 0 Å². The summed E-state index contributed by atoms with van der Waals surface area (Å²) in [6.07, 6.45) is 50.2. The third-order valence-electron chi connectivity index (χ3n) is 12.0. The Bertz CT molecular complexity index is 938. The van der Waals surface area contributed by atoms with Crippen molar-refractivity contribution in [2.75, 3.05) is 12.3 Å². The van der Waals surface area contributed by atoms with Crippen molar-refractivity contribution >= 4 is 17.2 Å². The standard InChI is InChI=1S/C50H88ClP/c1-3-5-7-9-11-13-15-17-19-21-23-25-27-29-31-39-45-52(51,47-49-41-35-33-36-42-49,48-50-43-37-34-38-44-50)46-40-32-30-28-26-24-22-20-18-16-14-12-10-8-6-4-2/h33-38,41-44H,3-32,39-40,45-48H2,1-2H3. The van der Waals surface area contributed by atoms with Crippen molar-refractivity contribution in [3.05, 3.63) is 71.8 Å². The van der Waals surface area contributed by atoms with E-state index in [2.05, 4.69) is 74.5 Å². The number of benzene rings is 2. The van der Waals surface area contributed by atoms with Crippen LogP contribution in [0.2, 0.25) is 0 Å². The summed E-state index contributed by atoms with van der Waals surface area (Å²) in [4.78, 5) is 0. The average molecular weight is 756 g/mol. The zero-order valence-corrected chi connectivity index (χ0v) is 36.7. The van der Waals surface area contributed by atoms with Crippen molar-refractivity contribution in [2.24, 2.45) is 0 Å². The molecule has 0 bridgehead atoms. The summed E-state index contributed by atoms with van der Waals surface area (Å²) in [6, 6.07) is 22.6. The maximum atomic E-state index is 8.33. The van der Waals surface area contributed by atoms with Gasteiger partial charge in [-0.15, -0.1) is 0 Å². The van der Waals surface area contributed by atoms with Crippen LogP contribution in [0.3, 0.4) is 0 Å². The van der Waals surface area contributed by atoms with Crippen LogP contribution in [-0.4, -0.2) is 12.3 Å². The molecule has 0 nitrogen and oxygen atoms in total. The minimum absolute atomic E-state index is 1.10. The van der Waals surface area contributed by atoms with Gasteiger partial charge in [-0.3, -0.25) is 0 Å². The van der Waals surface area contributed by atoms with Crippen LogP contribution in [0.25, 0.3) is 0 Å². The average Bonchev–Trinajstić information content (AvgIpc) is 3.15. The fraction of sp³-hybridized carbons (Fsp3) is 0.760. The number of halogens is 1. The predicted molar refractivity (Wildman–Crippen MR) is 242 cm³/mol. The zero-order chi connectivity index (χ0) is 37.1. The normalized spacial score (nSPS) is 12.6. The third kappa shape index (κ3) is 25.3. The molecule has 0 amide bonds. The van der Waals surface area contributed by atoms with Gasteiger partial charge in [0.05, 0.1) is 0 Å². The number of rotatable bonds is 38. The van der Waals surface area contributed by atoms with Crippen molar-refractivity contribution in [1.29, 1.82) is 0 Å². The molecule has 0 aliphatic heterocycles. The van der Waals surface area contributed by atoms with Crippen LogP contribution in [0.15, 0.2) is 60.7 Å². The van der Waals surface area contributed by atoms with Gasteiger partial charge >= 0.3 is 255 Å². The summed E-state index contributed by atoms with van der Waals surface area (Å²) >= 11 is 8.33. The molecule has 300 valence electrons. The van der Waals surface area contributed by atoms with E-state index in [0.29, 0.717) is 0 Å². The molecule has 0 N–H and O–H groups in total. The molecule has 2 aromatic rings. The van der Waals surface area contributed by atoms with E-state index in [-0.39, 0.29) is 0 Å². The number of hydrogen-bond donors (Lipinski definition) is 0. The summed E-state index contributed by atoms with van der Waals surface area (Å²) in [5, 5.41) is 0. The molecule has 0 heterocycles.